The molecule has 0 aliphatic heterocycles. The van der Waals surface area contributed by atoms with E-state index in [9.17, 15) is 9.59 Å². The second-order valence-electron chi connectivity index (χ2n) is 8.21. The van der Waals surface area contributed by atoms with E-state index in [2.05, 4.69) is 11.4 Å². The van der Waals surface area contributed by atoms with Gasteiger partial charge in [-0.2, -0.15) is 0 Å². The van der Waals surface area contributed by atoms with Crippen LogP contribution in [0.25, 0.3) is 0 Å². The molecule has 2 amide bonds. The van der Waals surface area contributed by atoms with Gasteiger partial charge in [-0.05, 0) is 37.1 Å². The Labute approximate surface area is 205 Å². The van der Waals surface area contributed by atoms with Crippen LogP contribution in [0.1, 0.15) is 27.8 Å². The zero-order chi connectivity index (χ0) is 24.0. The van der Waals surface area contributed by atoms with Crippen molar-refractivity contribution >= 4 is 35.0 Å². The molecular formula is C27H28Cl2N2O2. The molecule has 0 bridgehead atoms. The van der Waals surface area contributed by atoms with E-state index < -0.39 is 6.04 Å². The normalized spacial score (nSPS) is 11.7. The van der Waals surface area contributed by atoms with Crippen molar-refractivity contribution in [3.8, 4) is 0 Å². The van der Waals surface area contributed by atoms with Gasteiger partial charge in [0.25, 0.3) is 0 Å². The predicted molar refractivity (Wildman–Crippen MR) is 135 cm³/mol. The van der Waals surface area contributed by atoms with Gasteiger partial charge >= 0.3 is 0 Å². The summed E-state index contributed by atoms with van der Waals surface area (Å²) in [7, 11) is 1.58. The van der Waals surface area contributed by atoms with E-state index in [1.165, 1.54) is 0 Å². The number of carbonyl (C=O) groups excluding carboxylic acids is 2. The van der Waals surface area contributed by atoms with Crippen LogP contribution >= 0.6 is 23.2 Å². The molecule has 0 aliphatic rings. The van der Waals surface area contributed by atoms with E-state index >= 15 is 0 Å². The number of nitrogens with one attached hydrogen (secondary N) is 1. The molecular weight excluding hydrogens is 455 g/mol. The molecule has 3 aromatic carbocycles. The summed E-state index contributed by atoms with van der Waals surface area (Å²) in [5.41, 5.74) is 4.66. The van der Waals surface area contributed by atoms with Crippen LogP contribution in [-0.2, 0) is 29.0 Å². The minimum atomic E-state index is -0.719. The Balaban J connectivity index is 2.01. The Kier molecular flexibility index (Phi) is 8.54. The highest BCUT2D eigenvalue weighted by atomic mass is 35.5. The molecule has 1 atom stereocenters. The van der Waals surface area contributed by atoms with E-state index in [4.69, 9.17) is 23.2 Å². The standard InChI is InChI=1S/C27H28Cl2N2O2/c1-18-12-19(2)14-21(13-18)16-26(32)31(17-22-23(28)10-7-11-24(22)29)25(27(33)30-3)15-20-8-5-4-6-9-20/h4-14,25H,15-17H2,1-3H3,(H,30,33). The molecule has 4 nitrogen and oxygen atoms in total. The van der Waals surface area contributed by atoms with E-state index in [1.807, 2.05) is 56.3 Å². The maximum atomic E-state index is 13.7. The molecule has 0 fully saturated rings. The van der Waals surface area contributed by atoms with Crippen LogP contribution in [0, 0.1) is 13.8 Å². The smallest absolute Gasteiger partial charge is 0.242 e. The number of halogens is 2. The van der Waals surface area contributed by atoms with Gasteiger partial charge in [0.15, 0.2) is 0 Å². The molecule has 0 saturated carbocycles. The lowest BCUT2D eigenvalue weighted by atomic mass is 10.0. The van der Waals surface area contributed by atoms with Gasteiger partial charge in [0.1, 0.15) is 6.04 Å². The molecule has 0 spiro atoms. The number of hydrogen-bond donors (Lipinski definition) is 1. The molecule has 6 heteroatoms. The number of carbonyl (C=O) groups is 2. The summed E-state index contributed by atoms with van der Waals surface area (Å²) in [4.78, 5) is 28.3. The highest BCUT2D eigenvalue weighted by molar-refractivity contribution is 6.36. The Bertz CT molecular complexity index is 1090. The number of benzene rings is 3. The number of rotatable bonds is 8. The third-order valence-electron chi connectivity index (χ3n) is 5.54. The monoisotopic (exact) mass is 482 g/mol. The third kappa shape index (κ3) is 6.59. The van der Waals surface area contributed by atoms with Gasteiger partial charge < -0.3 is 10.2 Å². The van der Waals surface area contributed by atoms with E-state index in [0.29, 0.717) is 22.0 Å². The maximum Gasteiger partial charge on any atom is 0.242 e. The molecule has 0 saturated heterocycles. The van der Waals surface area contributed by atoms with Gasteiger partial charge in [0, 0.05) is 35.6 Å². The van der Waals surface area contributed by atoms with Crippen LogP contribution in [0.5, 0.6) is 0 Å². The lowest BCUT2D eigenvalue weighted by Crippen LogP contribution is -2.50. The first-order valence-electron chi connectivity index (χ1n) is 10.8. The van der Waals surface area contributed by atoms with Gasteiger partial charge in [0.05, 0.1) is 6.42 Å². The van der Waals surface area contributed by atoms with E-state index in [0.717, 1.165) is 22.3 Å². The van der Waals surface area contributed by atoms with Crippen molar-refractivity contribution < 1.29 is 9.59 Å². The molecule has 0 aliphatic carbocycles. The Morgan fingerprint density at radius 1 is 0.879 bits per heavy atom. The first kappa shape index (κ1) is 24.8. The second kappa shape index (κ2) is 11.4. The Hall–Kier alpha value is -2.82. The average Bonchev–Trinajstić information content (AvgIpc) is 2.77. The summed E-state index contributed by atoms with van der Waals surface area (Å²) in [6.45, 7) is 4.14. The SMILES string of the molecule is CNC(=O)C(Cc1ccccc1)N(Cc1c(Cl)cccc1Cl)C(=O)Cc1cc(C)cc(C)c1. The fraction of sp³-hybridized carbons (Fsp3) is 0.259. The third-order valence-corrected chi connectivity index (χ3v) is 6.25. The average molecular weight is 483 g/mol. The van der Waals surface area contributed by atoms with Gasteiger partial charge in [-0.3, -0.25) is 9.59 Å². The Morgan fingerprint density at radius 3 is 2.06 bits per heavy atom. The van der Waals surface area contributed by atoms with Crippen LogP contribution in [0.3, 0.4) is 0 Å². The summed E-state index contributed by atoms with van der Waals surface area (Å²) >= 11 is 12.9. The largest absolute Gasteiger partial charge is 0.357 e. The van der Waals surface area contributed by atoms with Crippen molar-refractivity contribution in [2.45, 2.75) is 39.3 Å². The quantitative estimate of drug-likeness (QED) is 0.458. The summed E-state index contributed by atoms with van der Waals surface area (Å²) in [6, 6.07) is 20.2. The molecule has 172 valence electrons. The summed E-state index contributed by atoms with van der Waals surface area (Å²) in [6.07, 6.45) is 0.550. The predicted octanol–water partition coefficient (Wildman–Crippen LogP) is 5.54. The fourth-order valence-electron chi connectivity index (χ4n) is 4.02. The number of amides is 2. The van der Waals surface area contributed by atoms with Crippen molar-refractivity contribution in [2.75, 3.05) is 7.05 Å². The zero-order valence-electron chi connectivity index (χ0n) is 19.1. The molecule has 0 aromatic heterocycles. The molecule has 1 unspecified atom stereocenters. The van der Waals surface area contributed by atoms with Crippen molar-refractivity contribution in [1.82, 2.24) is 10.2 Å². The fourth-order valence-corrected chi connectivity index (χ4v) is 4.54. The van der Waals surface area contributed by atoms with E-state index in [1.54, 1.807) is 30.1 Å². The van der Waals surface area contributed by atoms with Gasteiger partial charge in [-0.25, -0.2) is 0 Å². The molecule has 3 rings (SSSR count). The van der Waals surface area contributed by atoms with Crippen LogP contribution < -0.4 is 5.32 Å². The first-order valence-corrected chi connectivity index (χ1v) is 11.6. The topological polar surface area (TPSA) is 49.4 Å². The molecule has 0 radical (unpaired) electrons. The lowest BCUT2D eigenvalue weighted by molar-refractivity contribution is -0.140. The minimum Gasteiger partial charge on any atom is -0.357 e. The lowest BCUT2D eigenvalue weighted by Gasteiger charge is -2.32. The molecule has 3 aromatic rings. The number of likely N-dealkylation sites (N-methyl/N-ethyl adjacent to an activating group) is 1. The molecule has 0 heterocycles. The highest BCUT2D eigenvalue weighted by Gasteiger charge is 2.30. The summed E-state index contributed by atoms with van der Waals surface area (Å²) in [5.74, 6) is -0.406. The van der Waals surface area contributed by atoms with Crippen LogP contribution in [0.15, 0.2) is 66.7 Å². The Morgan fingerprint density at radius 2 is 1.48 bits per heavy atom. The zero-order valence-corrected chi connectivity index (χ0v) is 20.6. The number of nitrogens with zero attached hydrogens (tertiary/aromatic N) is 1. The van der Waals surface area contributed by atoms with Crippen molar-refractivity contribution in [3.05, 3.63) is 105 Å². The van der Waals surface area contributed by atoms with Gasteiger partial charge in [-0.15, -0.1) is 0 Å². The number of hydrogen-bond acceptors (Lipinski definition) is 2. The minimum absolute atomic E-state index is 0.132. The molecule has 33 heavy (non-hydrogen) atoms. The maximum absolute atomic E-state index is 13.7. The summed E-state index contributed by atoms with van der Waals surface area (Å²) in [5, 5.41) is 3.64. The van der Waals surface area contributed by atoms with Crippen molar-refractivity contribution in [2.24, 2.45) is 0 Å². The van der Waals surface area contributed by atoms with Crippen molar-refractivity contribution in [3.63, 3.8) is 0 Å². The summed E-state index contributed by atoms with van der Waals surface area (Å²) < 4.78 is 0. The van der Waals surface area contributed by atoms with Crippen molar-refractivity contribution in [1.29, 1.82) is 0 Å². The first-order chi connectivity index (χ1) is 15.8. The van der Waals surface area contributed by atoms with Gasteiger partial charge in [0.2, 0.25) is 11.8 Å². The van der Waals surface area contributed by atoms with Crippen LogP contribution in [-0.4, -0.2) is 29.8 Å². The second-order valence-corrected chi connectivity index (χ2v) is 9.03. The number of aryl methyl sites for hydroxylation is 2. The highest BCUT2D eigenvalue weighted by Crippen LogP contribution is 2.27. The van der Waals surface area contributed by atoms with Crippen LogP contribution in [0.2, 0.25) is 10.0 Å². The van der Waals surface area contributed by atoms with E-state index in [-0.39, 0.29) is 24.8 Å². The van der Waals surface area contributed by atoms with Gasteiger partial charge in [-0.1, -0.05) is 88.9 Å². The van der Waals surface area contributed by atoms with Crippen LogP contribution in [0.4, 0.5) is 0 Å². The molecule has 1 N–H and O–H groups in total.